The summed E-state index contributed by atoms with van der Waals surface area (Å²) in [5.74, 6) is 0.969. The van der Waals surface area contributed by atoms with Crippen LogP contribution >= 0.6 is 11.6 Å². The fraction of sp³-hybridized carbons (Fsp3) is 0.118. The summed E-state index contributed by atoms with van der Waals surface area (Å²) in [4.78, 5) is 16.3. The lowest BCUT2D eigenvalue weighted by Gasteiger charge is -2.06. The van der Waals surface area contributed by atoms with Crippen molar-refractivity contribution < 1.29 is 4.74 Å². The van der Waals surface area contributed by atoms with E-state index in [9.17, 15) is 4.79 Å². The monoisotopic (exact) mass is 342 g/mol. The predicted molar refractivity (Wildman–Crippen MR) is 96.1 cm³/mol. The Morgan fingerprint density at radius 3 is 2.79 bits per heavy atom. The van der Waals surface area contributed by atoms with Gasteiger partial charge in [0.25, 0.3) is 5.56 Å². The third-order valence-electron chi connectivity index (χ3n) is 3.49. The maximum absolute atomic E-state index is 12.0. The van der Waals surface area contributed by atoms with Gasteiger partial charge < -0.3 is 10.5 Å². The van der Waals surface area contributed by atoms with E-state index in [1.54, 1.807) is 20.1 Å². The smallest absolute Gasteiger partial charge is 0.273 e. The molecule has 0 spiro atoms. The van der Waals surface area contributed by atoms with Gasteiger partial charge in [0.2, 0.25) is 0 Å². The Morgan fingerprint density at radius 2 is 2.08 bits per heavy atom. The van der Waals surface area contributed by atoms with Gasteiger partial charge in [0, 0.05) is 17.0 Å². The zero-order valence-corrected chi connectivity index (χ0v) is 13.9. The van der Waals surface area contributed by atoms with Crippen LogP contribution in [0.1, 0.15) is 11.1 Å². The van der Waals surface area contributed by atoms with Gasteiger partial charge in [0.05, 0.1) is 18.8 Å². The molecule has 2 aromatic heterocycles. The number of ether oxygens (including phenoxy) is 1. The Morgan fingerprint density at radius 1 is 1.29 bits per heavy atom. The quantitative estimate of drug-likeness (QED) is 0.586. The van der Waals surface area contributed by atoms with Crippen LogP contribution in [0.2, 0.25) is 5.15 Å². The van der Waals surface area contributed by atoms with Crippen LogP contribution in [0.25, 0.3) is 10.9 Å². The minimum atomic E-state index is -0.310. The van der Waals surface area contributed by atoms with Crippen LogP contribution in [0.4, 0.5) is 5.82 Å². The van der Waals surface area contributed by atoms with Crippen LogP contribution in [-0.4, -0.2) is 23.0 Å². The number of rotatable bonds is 3. The number of pyridine rings is 2. The van der Waals surface area contributed by atoms with Crippen molar-refractivity contribution in [1.82, 2.24) is 9.66 Å². The number of fused-ring (bicyclic) bond motifs is 1. The number of nitrogens with two attached hydrogens (primary N) is 1. The number of hydrogen-bond donors (Lipinski definition) is 1. The summed E-state index contributed by atoms with van der Waals surface area (Å²) in [7, 11) is 1.60. The second-order valence-electron chi connectivity index (χ2n) is 5.28. The number of nitrogen functional groups attached to an aromatic ring is 1. The van der Waals surface area contributed by atoms with Crippen LogP contribution in [0, 0.1) is 6.92 Å². The molecule has 2 heterocycles. The molecule has 7 heteroatoms. The molecule has 3 aromatic rings. The maximum Gasteiger partial charge on any atom is 0.273 e. The highest BCUT2D eigenvalue weighted by Gasteiger charge is 2.06. The zero-order valence-electron chi connectivity index (χ0n) is 13.2. The van der Waals surface area contributed by atoms with E-state index in [0.717, 1.165) is 21.1 Å². The van der Waals surface area contributed by atoms with Crippen molar-refractivity contribution in [2.24, 2.45) is 5.10 Å². The standard InChI is InChI=1S/C17H15ClN4O2/c1-10-5-15(19)22(16(23)6-10)20-9-12-7-11-8-13(24-2)3-4-14(11)21-17(12)18/h3-9H,19H2,1-2H3/b20-9-. The summed E-state index contributed by atoms with van der Waals surface area (Å²) in [6, 6.07) is 10.4. The van der Waals surface area contributed by atoms with Crippen molar-refractivity contribution in [1.29, 1.82) is 0 Å². The first kappa shape index (κ1) is 16.0. The third-order valence-corrected chi connectivity index (χ3v) is 3.80. The Kier molecular flexibility index (Phi) is 4.22. The van der Waals surface area contributed by atoms with E-state index in [2.05, 4.69) is 10.1 Å². The fourth-order valence-electron chi connectivity index (χ4n) is 2.33. The van der Waals surface area contributed by atoms with Crippen molar-refractivity contribution in [3.05, 3.63) is 63.0 Å². The molecule has 0 radical (unpaired) electrons. The first-order chi connectivity index (χ1) is 11.5. The molecular formula is C17H15ClN4O2. The number of hydrogen-bond acceptors (Lipinski definition) is 5. The van der Waals surface area contributed by atoms with Gasteiger partial charge in [-0.1, -0.05) is 11.6 Å². The number of benzene rings is 1. The van der Waals surface area contributed by atoms with Gasteiger partial charge in [-0.05, 0) is 42.8 Å². The summed E-state index contributed by atoms with van der Waals surface area (Å²) >= 11 is 6.20. The molecule has 1 aromatic carbocycles. The molecule has 0 atom stereocenters. The lowest BCUT2D eigenvalue weighted by molar-refractivity contribution is 0.415. The van der Waals surface area contributed by atoms with E-state index < -0.39 is 0 Å². The summed E-state index contributed by atoms with van der Waals surface area (Å²) in [5, 5.41) is 5.26. The highest BCUT2D eigenvalue weighted by Crippen LogP contribution is 2.23. The SMILES string of the molecule is COc1ccc2nc(Cl)c(/C=N\n3c(N)cc(C)cc3=O)cc2c1. The van der Waals surface area contributed by atoms with E-state index in [-0.39, 0.29) is 16.5 Å². The largest absolute Gasteiger partial charge is 0.497 e. The van der Waals surface area contributed by atoms with Crippen LogP contribution < -0.4 is 16.0 Å². The molecule has 3 rings (SSSR count). The Hall–Kier alpha value is -2.86. The Balaban J connectivity index is 2.06. The zero-order chi connectivity index (χ0) is 17.3. The second kappa shape index (κ2) is 6.33. The lowest BCUT2D eigenvalue weighted by atomic mass is 10.1. The lowest BCUT2D eigenvalue weighted by Crippen LogP contribution is -2.19. The van der Waals surface area contributed by atoms with Crippen molar-refractivity contribution in [2.75, 3.05) is 12.8 Å². The number of halogens is 1. The first-order valence-corrected chi connectivity index (χ1v) is 7.53. The van der Waals surface area contributed by atoms with Crippen LogP contribution in [-0.2, 0) is 0 Å². The van der Waals surface area contributed by atoms with Crippen LogP contribution in [0.3, 0.4) is 0 Å². The highest BCUT2D eigenvalue weighted by atomic mass is 35.5. The molecule has 0 aliphatic carbocycles. The van der Waals surface area contributed by atoms with Gasteiger partial charge in [0.15, 0.2) is 0 Å². The molecule has 0 saturated carbocycles. The summed E-state index contributed by atoms with van der Waals surface area (Å²) < 4.78 is 6.32. The molecule has 6 nitrogen and oxygen atoms in total. The topological polar surface area (TPSA) is 82.5 Å². The van der Waals surface area contributed by atoms with Crippen molar-refractivity contribution in [3.8, 4) is 5.75 Å². The predicted octanol–water partition coefficient (Wildman–Crippen LogP) is 2.83. The normalized spacial score (nSPS) is 11.3. The van der Waals surface area contributed by atoms with Crippen molar-refractivity contribution in [2.45, 2.75) is 6.92 Å². The summed E-state index contributed by atoms with van der Waals surface area (Å²) in [6.07, 6.45) is 1.46. The molecule has 0 saturated heterocycles. The molecule has 0 fully saturated rings. The Labute approximate surface area is 143 Å². The van der Waals surface area contributed by atoms with Crippen LogP contribution in [0.5, 0.6) is 5.75 Å². The van der Waals surface area contributed by atoms with Gasteiger partial charge >= 0.3 is 0 Å². The molecule has 2 N–H and O–H groups in total. The minimum Gasteiger partial charge on any atom is -0.497 e. The maximum atomic E-state index is 12.0. The number of anilines is 1. The highest BCUT2D eigenvalue weighted by molar-refractivity contribution is 6.32. The number of methoxy groups -OCH3 is 1. The van der Waals surface area contributed by atoms with Gasteiger partial charge in [-0.3, -0.25) is 4.79 Å². The van der Waals surface area contributed by atoms with Gasteiger partial charge in [-0.15, -0.1) is 0 Å². The van der Waals surface area contributed by atoms with Gasteiger partial charge in [-0.25, -0.2) is 4.98 Å². The summed E-state index contributed by atoms with van der Waals surface area (Å²) in [5.41, 5.74) is 7.62. The van der Waals surface area contributed by atoms with E-state index in [4.69, 9.17) is 22.1 Å². The average molecular weight is 343 g/mol. The molecule has 0 bridgehead atoms. The molecule has 24 heavy (non-hydrogen) atoms. The number of nitrogens with zero attached hydrogens (tertiary/aromatic N) is 3. The van der Waals surface area contributed by atoms with Crippen molar-refractivity contribution >= 4 is 34.5 Å². The van der Waals surface area contributed by atoms with E-state index >= 15 is 0 Å². The van der Waals surface area contributed by atoms with Gasteiger partial charge in [0.1, 0.15) is 16.7 Å². The van der Waals surface area contributed by atoms with Gasteiger partial charge in [-0.2, -0.15) is 9.78 Å². The third kappa shape index (κ3) is 3.09. The number of aromatic nitrogens is 2. The molecule has 0 aliphatic rings. The molecule has 0 amide bonds. The number of aryl methyl sites for hydroxylation is 1. The Bertz CT molecular complexity index is 1010. The van der Waals surface area contributed by atoms with E-state index in [1.165, 1.54) is 12.3 Å². The van der Waals surface area contributed by atoms with E-state index in [0.29, 0.717) is 11.3 Å². The minimum absolute atomic E-state index is 0.253. The fourth-order valence-corrected chi connectivity index (χ4v) is 2.52. The second-order valence-corrected chi connectivity index (χ2v) is 5.64. The summed E-state index contributed by atoms with van der Waals surface area (Å²) in [6.45, 7) is 1.79. The first-order valence-electron chi connectivity index (χ1n) is 7.16. The molecule has 0 aliphatic heterocycles. The van der Waals surface area contributed by atoms with E-state index in [1.807, 2.05) is 24.3 Å². The molecule has 122 valence electrons. The van der Waals surface area contributed by atoms with Crippen LogP contribution in [0.15, 0.2) is 46.3 Å². The average Bonchev–Trinajstić information content (AvgIpc) is 2.53. The van der Waals surface area contributed by atoms with Crippen molar-refractivity contribution in [3.63, 3.8) is 0 Å². The molecule has 0 unspecified atom stereocenters. The molecular weight excluding hydrogens is 328 g/mol.